The lowest BCUT2D eigenvalue weighted by atomic mass is 9.84. The van der Waals surface area contributed by atoms with Gasteiger partial charge in [-0.05, 0) is 0 Å². The monoisotopic (exact) mass is 291 g/mol. The van der Waals surface area contributed by atoms with Gasteiger partial charge in [-0.3, -0.25) is 9.69 Å². The highest BCUT2D eigenvalue weighted by Gasteiger charge is 2.38. The summed E-state index contributed by atoms with van der Waals surface area (Å²) in [5.74, 6) is 0.179. The molecule has 4 nitrogen and oxygen atoms in total. The molecule has 1 aliphatic heterocycles. The molecule has 116 valence electrons. The van der Waals surface area contributed by atoms with E-state index < -0.39 is 5.41 Å². The molecule has 0 aromatic heterocycles. The molecule has 4 heteroatoms. The Labute approximate surface area is 127 Å². The van der Waals surface area contributed by atoms with Crippen LogP contribution >= 0.6 is 0 Å². The van der Waals surface area contributed by atoms with E-state index >= 15 is 0 Å². The summed E-state index contributed by atoms with van der Waals surface area (Å²) in [4.78, 5) is 14.9. The molecule has 2 rings (SSSR count). The number of hydrogen-bond acceptors (Lipinski definition) is 4. The highest BCUT2D eigenvalue weighted by Crippen LogP contribution is 2.26. The van der Waals surface area contributed by atoms with Gasteiger partial charge in [0.2, 0.25) is 0 Å². The largest absolute Gasteiger partial charge is 0.377 e. The molecule has 1 aromatic carbocycles. The van der Waals surface area contributed by atoms with Crippen molar-refractivity contribution < 1.29 is 14.3 Å². The average molecular weight is 291 g/mol. The Balaban J connectivity index is 2.03. The van der Waals surface area contributed by atoms with Crippen LogP contribution in [0.2, 0.25) is 0 Å². The van der Waals surface area contributed by atoms with Gasteiger partial charge in [-0.2, -0.15) is 0 Å². The number of rotatable bonds is 6. The molecular formula is C17H25NO3. The third kappa shape index (κ3) is 3.70. The van der Waals surface area contributed by atoms with Crippen molar-refractivity contribution in [3.8, 4) is 0 Å². The molecular weight excluding hydrogens is 266 g/mol. The molecule has 1 fully saturated rings. The van der Waals surface area contributed by atoms with Crippen LogP contribution in [0, 0.1) is 5.41 Å². The fourth-order valence-corrected chi connectivity index (χ4v) is 3.01. The van der Waals surface area contributed by atoms with Crippen LogP contribution in [0.3, 0.4) is 0 Å². The molecule has 0 spiro atoms. The summed E-state index contributed by atoms with van der Waals surface area (Å²) in [7, 11) is 3.42. The van der Waals surface area contributed by atoms with Crippen LogP contribution in [-0.4, -0.2) is 56.7 Å². The van der Waals surface area contributed by atoms with Gasteiger partial charge in [0.25, 0.3) is 0 Å². The first-order valence-corrected chi connectivity index (χ1v) is 7.35. The van der Waals surface area contributed by atoms with Gasteiger partial charge in [-0.1, -0.05) is 44.2 Å². The number of carbonyl (C=O) groups excluding carboxylic acids is 1. The number of hydrogen-bond donors (Lipinski definition) is 0. The SMILES string of the molecule is COC1CN(CC(C)(C)C(=O)c2ccccc2)CC1OC. The Morgan fingerprint density at radius 2 is 1.67 bits per heavy atom. The summed E-state index contributed by atoms with van der Waals surface area (Å²) in [6, 6.07) is 9.49. The topological polar surface area (TPSA) is 38.8 Å². The first-order chi connectivity index (χ1) is 9.97. The van der Waals surface area contributed by atoms with Crippen molar-refractivity contribution in [3.63, 3.8) is 0 Å². The normalized spacial score (nSPS) is 23.4. The average Bonchev–Trinajstić information content (AvgIpc) is 2.88. The van der Waals surface area contributed by atoms with Crippen LogP contribution < -0.4 is 0 Å². The maximum absolute atomic E-state index is 12.7. The standard InChI is InChI=1S/C17H25NO3/c1-17(2,16(19)13-8-6-5-7-9-13)12-18-10-14(20-3)15(11-18)21-4/h5-9,14-15H,10-12H2,1-4H3. The second-order valence-corrected chi connectivity index (χ2v) is 6.32. The lowest BCUT2D eigenvalue weighted by Crippen LogP contribution is -2.39. The third-order valence-electron chi connectivity index (χ3n) is 4.17. The van der Waals surface area contributed by atoms with E-state index in [1.165, 1.54) is 0 Å². The molecule has 0 radical (unpaired) electrons. The number of ether oxygens (including phenoxy) is 2. The zero-order valence-corrected chi connectivity index (χ0v) is 13.3. The molecule has 1 aliphatic rings. The highest BCUT2D eigenvalue weighted by molar-refractivity contribution is 6.00. The number of nitrogens with zero attached hydrogens (tertiary/aromatic N) is 1. The first kappa shape index (κ1) is 16.1. The van der Waals surface area contributed by atoms with Gasteiger partial charge in [-0.25, -0.2) is 0 Å². The van der Waals surface area contributed by atoms with E-state index in [4.69, 9.17) is 9.47 Å². The van der Waals surface area contributed by atoms with Crippen LogP contribution in [0.15, 0.2) is 30.3 Å². The fraction of sp³-hybridized carbons (Fsp3) is 0.588. The Morgan fingerprint density at radius 1 is 1.14 bits per heavy atom. The number of Topliss-reactive ketones (excluding diaryl/α,β-unsaturated/α-hetero) is 1. The van der Waals surface area contributed by atoms with Crippen LogP contribution in [-0.2, 0) is 9.47 Å². The van der Waals surface area contributed by atoms with Gasteiger partial charge < -0.3 is 9.47 Å². The van der Waals surface area contributed by atoms with Crippen LogP contribution in [0.1, 0.15) is 24.2 Å². The Hall–Kier alpha value is -1.23. The molecule has 1 aromatic rings. The summed E-state index contributed by atoms with van der Waals surface area (Å²) < 4.78 is 10.9. The molecule has 0 saturated carbocycles. The van der Waals surface area contributed by atoms with Gasteiger partial charge in [0.15, 0.2) is 5.78 Å². The van der Waals surface area contributed by atoms with Gasteiger partial charge in [0.05, 0.1) is 12.2 Å². The molecule has 21 heavy (non-hydrogen) atoms. The minimum absolute atomic E-state index is 0.0811. The van der Waals surface area contributed by atoms with E-state index in [-0.39, 0.29) is 18.0 Å². The first-order valence-electron chi connectivity index (χ1n) is 7.35. The fourth-order valence-electron chi connectivity index (χ4n) is 3.01. The minimum Gasteiger partial charge on any atom is -0.377 e. The van der Waals surface area contributed by atoms with Crippen molar-refractivity contribution in [1.29, 1.82) is 0 Å². The van der Waals surface area contributed by atoms with E-state index in [2.05, 4.69) is 4.90 Å². The van der Waals surface area contributed by atoms with Crippen LogP contribution in [0.4, 0.5) is 0 Å². The van der Waals surface area contributed by atoms with Crippen molar-refractivity contribution in [2.45, 2.75) is 26.1 Å². The minimum atomic E-state index is -0.428. The lowest BCUT2D eigenvalue weighted by Gasteiger charge is -2.29. The predicted molar refractivity (Wildman–Crippen MR) is 82.6 cm³/mol. The number of carbonyl (C=O) groups is 1. The smallest absolute Gasteiger partial charge is 0.169 e. The Morgan fingerprint density at radius 3 is 2.14 bits per heavy atom. The van der Waals surface area contributed by atoms with Crippen molar-refractivity contribution in [2.75, 3.05) is 33.9 Å². The Bertz CT molecular complexity index is 460. The molecule has 2 atom stereocenters. The molecule has 0 bridgehead atoms. The number of benzene rings is 1. The molecule has 1 saturated heterocycles. The second-order valence-electron chi connectivity index (χ2n) is 6.32. The van der Waals surface area contributed by atoms with Crippen molar-refractivity contribution in [2.24, 2.45) is 5.41 Å². The Kier molecular flexibility index (Phi) is 5.14. The molecule has 1 heterocycles. The maximum atomic E-state index is 12.7. The maximum Gasteiger partial charge on any atom is 0.169 e. The van der Waals surface area contributed by atoms with Crippen molar-refractivity contribution in [1.82, 2.24) is 4.90 Å². The van der Waals surface area contributed by atoms with E-state index in [1.807, 2.05) is 44.2 Å². The van der Waals surface area contributed by atoms with E-state index in [1.54, 1.807) is 14.2 Å². The summed E-state index contributed by atoms with van der Waals surface area (Å²) in [6.07, 6.45) is 0.162. The number of ketones is 1. The summed E-state index contributed by atoms with van der Waals surface area (Å²) in [5, 5.41) is 0. The van der Waals surface area contributed by atoms with Crippen molar-refractivity contribution in [3.05, 3.63) is 35.9 Å². The quantitative estimate of drug-likeness (QED) is 0.754. The van der Waals surface area contributed by atoms with Crippen molar-refractivity contribution >= 4 is 5.78 Å². The number of likely N-dealkylation sites (tertiary alicyclic amines) is 1. The second kappa shape index (κ2) is 6.69. The molecule has 0 N–H and O–H groups in total. The van der Waals surface area contributed by atoms with Gasteiger partial charge in [-0.15, -0.1) is 0 Å². The van der Waals surface area contributed by atoms with Gasteiger partial charge >= 0.3 is 0 Å². The highest BCUT2D eigenvalue weighted by atomic mass is 16.5. The molecule has 0 amide bonds. The van der Waals surface area contributed by atoms with Gasteiger partial charge in [0.1, 0.15) is 0 Å². The third-order valence-corrected chi connectivity index (χ3v) is 4.17. The van der Waals surface area contributed by atoms with Crippen LogP contribution in [0.5, 0.6) is 0 Å². The van der Waals surface area contributed by atoms with E-state index in [0.717, 1.165) is 18.7 Å². The summed E-state index contributed by atoms with van der Waals surface area (Å²) in [5.41, 5.74) is 0.343. The summed E-state index contributed by atoms with van der Waals surface area (Å²) in [6.45, 7) is 6.33. The molecule has 2 unspecified atom stereocenters. The predicted octanol–water partition coefficient (Wildman–Crippen LogP) is 2.24. The zero-order valence-electron chi connectivity index (χ0n) is 13.3. The molecule has 0 aliphatic carbocycles. The van der Waals surface area contributed by atoms with Gasteiger partial charge in [0, 0.05) is 44.8 Å². The van der Waals surface area contributed by atoms with E-state index in [0.29, 0.717) is 6.54 Å². The summed E-state index contributed by atoms with van der Waals surface area (Å²) >= 11 is 0. The van der Waals surface area contributed by atoms with Crippen LogP contribution in [0.25, 0.3) is 0 Å². The van der Waals surface area contributed by atoms with E-state index in [9.17, 15) is 4.79 Å². The zero-order chi connectivity index (χ0) is 15.5. The number of methoxy groups -OCH3 is 2. The lowest BCUT2D eigenvalue weighted by molar-refractivity contribution is -0.00461.